The summed E-state index contributed by atoms with van der Waals surface area (Å²) in [6, 6.07) is 3.65. The summed E-state index contributed by atoms with van der Waals surface area (Å²) in [6.45, 7) is 3.50. The first-order valence-electron chi connectivity index (χ1n) is 9.93. The molecule has 0 N–H and O–H groups in total. The van der Waals surface area contributed by atoms with Crippen molar-refractivity contribution >= 4 is 5.91 Å². The molecule has 0 radical (unpaired) electrons. The lowest BCUT2D eigenvalue weighted by atomic mass is 9.76. The van der Waals surface area contributed by atoms with E-state index in [1.165, 1.54) is 6.20 Å². The molecule has 156 valence electrons. The third-order valence-corrected chi connectivity index (χ3v) is 5.48. The van der Waals surface area contributed by atoms with Crippen molar-refractivity contribution in [2.45, 2.75) is 31.6 Å². The number of piperidine rings is 1. The van der Waals surface area contributed by atoms with Crippen molar-refractivity contribution < 1.29 is 14.1 Å². The van der Waals surface area contributed by atoms with E-state index in [9.17, 15) is 4.79 Å². The number of hydrogen-bond acceptors (Lipinski definition) is 8. The van der Waals surface area contributed by atoms with Crippen LogP contribution >= 0.6 is 0 Å². The zero-order valence-electron chi connectivity index (χ0n) is 17.1. The number of aromatic nitrogens is 5. The number of rotatable bonds is 6. The summed E-state index contributed by atoms with van der Waals surface area (Å²) in [5, 5.41) is 4.29. The highest BCUT2D eigenvalue weighted by atomic mass is 16.5. The van der Waals surface area contributed by atoms with Gasteiger partial charge in [-0.3, -0.25) is 14.8 Å². The monoisotopic (exact) mass is 408 g/mol. The second-order valence-corrected chi connectivity index (χ2v) is 7.56. The first-order valence-corrected chi connectivity index (χ1v) is 9.93. The number of likely N-dealkylation sites (tertiary alicyclic amines) is 1. The first kappa shape index (κ1) is 20.1. The molecule has 1 fully saturated rings. The Kier molecular flexibility index (Phi) is 5.80. The molecule has 9 nitrogen and oxygen atoms in total. The molecule has 0 aromatic carbocycles. The van der Waals surface area contributed by atoms with E-state index < -0.39 is 5.41 Å². The molecule has 1 amide bonds. The molecule has 1 saturated heterocycles. The molecule has 9 heteroatoms. The molecule has 3 aromatic rings. The maximum Gasteiger partial charge on any atom is 0.274 e. The molecule has 4 heterocycles. The predicted molar refractivity (Wildman–Crippen MR) is 108 cm³/mol. The average molecular weight is 408 g/mol. The molecular formula is C21H24N6O3. The van der Waals surface area contributed by atoms with Crippen molar-refractivity contribution in [3.63, 3.8) is 0 Å². The van der Waals surface area contributed by atoms with Gasteiger partial charge in [0.1, 0.15) is 5.69 Å². The molecule has 0 bridgehead atoms. The molecule has 1 aliphatic heterocycles. The molecule has 30 heavy (non-hydrogen) atoms. The summed E-state index contributed by atoms with van der Waals surface area (Å²) in [5.74, 6) is 0.901. The standard InChI is InChI=1S/C21H24N6O3/c1-15-12-24-17(13-23-15)19(28)27-10-3-6-21(14-27,7-11-29-2)20-25-18(30-26-20)16-4-8-22-9-5-16/h4-5,8-9,12-13H,3,6-7,10-11,14H2,1-2H3. The summed E-state index contributed by atoms with van der Waals surface area (Å²) < 4.78 is 10.9. The molecular weight excluding hydrogens is 384 g/mol. The van der Waals surface area contributed by atoms with Gasteiger partial charge in [0.05, 0.1) is 17.3 Å². The van der Waals surface area contributed by atoms with Gasteiger partial charge in [-0.25, -0.2) is 4.98 Å². The van der Waals surface area contributed by atoms with Crippen LogP contribution in [0.4, 0.5) is 0 Å². The summed E-state index contributed by atoms with van der Waals surface area (Å²) in [4.78, 5) is 32.0. The van der Waals surface area contributed by atoms with Crippen LogP contribution in [0.25, 0.3) is 11.5 Å². The molecule has 3 aromatic heterocycles. The van der Waals surface area contributed by atoms with E-state index in [4.69, 9.17) is 9.26 Å². The van der Waals surface area contributed by atoms with E-state index in [0.29, 0.717) is 43.5 Å². The summed E-state index contributed by atoms with van der Waals surface area (Å²) >= 11 is 0. The van der Waals surface area contributed by atoms with Gasteiger partial charge in [-0.05, 0) is 38.3 Å². The van der Waals surface area contributed by atoms with Crippen LogP contribution in [0.5, 0.6) is 0 Å². The number of carbonyl (C=O) groups excluding carboxylic acids is 1. The van der Waals surface area contributed by atoms with Gasteiger partial charge in [0, 0.05) is 51.0 Å². The number of amides is 1. The van der Waals surface area contributed by atoms with E-state index in [1.54, 1.807) is 30.6 Å². The molecule has 0 aliphatic carbocycles. The zero-order chi connectivity index (χ0) is 21.0. The smallest absolute Gasteiger partial charge is 0.274 e. The second kappa shape index (κ2) is 8.66. The lowest BCUT2D eigenvalue weighted by Gasteiger charge is -2.40. The number of carbonyl (C=O) groups is 1. The van der Waals surface area contributed by atoms with Crippen LogP contribution in [0, 0.1) is 6.92 Å². The van der Waals surface area contributed by atoms with Gasteiger partial charge in [-0.1, -0.05) is 5.16 Å². The van der Waals surface area contributed by atoms with Gasteiger partial charge in [0.2, 0.25) is 0 Å². The van der Waals surface area contributed by atoms with E-state index in [-0.39, 0.29) is 5.91 Å². The van der Waals surface area contributed by atoms with Gasteiger partial charge >= 0.3 is 0 Å². The minimum atomic E-state index is -0.448. The highest BCUT2D eigenvalue weighted by Crippen LogP contribution is 2.37. The number of hydrogen-bond donors (Lipinski definition) is 0. The Balaban J connectivity index is 1.62. The fourth-order valence-corrected chi connectivity index (χ4v) is 3.82. The van der Waals surface area contributed by atoms with Gasteiger partial charge in [-0.15, -0.1) is 0 Å². The maximum atomic E-state index is 13.1. The third kappa shape index (κ3) is 4.06. The highest BCUT2D eigenvalue weighted by Gasteiger charge is 2.42. The van der Waals surface area contributed by atoms with Crippen LogP contribution in [0.2, 0.25) is 0 Å². The first-order chi connectivity index (χ1) is 14.6. The van der Waals surface area contributed by atoms with Crippen LogP contribution < -0.4 is 0 Å². The SMILES string of the molecule is COCCC1(c2noc(-c3ccncc3)n2)CCCN(C(=O)c2cnc(C)cn2)C1. The number of methoxy groups -OCH3 is 1. The topological polar surface area (TPSA) is 107 Å². The van der Waals surface area contributed by atoms with Crippen molar-refractivity contribution in [2.24, 2.45) is 0 Å². The van der Waals surface area contributed by atoms with E-state index in [1.807, 2.05) is 19.1 Å². The summed E-state index contributed by atoms with van der Waals surface area (Å²) in [5.41, 5.74) is 1.48. The number of aryl methyl sites for hydroxylation is 1. The summed E-state index contributed by atoms with van der Waals surface area (Å²) in [7, 11) is 1.67. The number of ether oxygens (including phenoxy) is 1. The fourth-order valence-electron chi connectivity index (χ4n) is 3.82. The highest BCUT2D eigenvalue weighted by molar-refractivity contribution is 5.92. The molecule has 1 aliphatic rings. The minimum absolute atomic E-state index is 0.137. The maximum absolute atomic E-state index is 13.1. The van der Waals surface area contributed by atoms with Crippen LogP contribution in [-0.2, 0) is 10.2 Å². The lowest BCUT2D eigenvalue weighted by Crippen LogP contribution is -2.49. The normalized spacial score (nSPS) is 19.1. The van der Waals surface area contributed by atoms with Gasteiger partial charge in [-0.2, -0.15) is 4.98 Å². The van der Waals surface area contributed by atoms with E-state index in [0.717, 1.165) is 24.1 Å². The van der Waals surface area contributed by atoms with Crippen LogP contribution in [0.15, 0.2) is 41.4 Å². The fraction of sp³-hybridized carbons (Fsp3) is 0.429. The Morgan fingerprint density at radius 2 is 2.10 bits per heavy atom. The second-order valence-electron chi connectivity index (χ2n) is 7.56. The number of nitrogens with zero attached hydrogens (tertiary/aromatic N) is 6. The third-order valence-electron chi connectivity index (χ3n) is 5.48. The summed E-state index contributed by atoms with van der Waals surface area (Å²) in [6.07, 6.45) is 8.85. The largest absolute Gasteiger partial charge is 0.385 e. The Hall–Kier alpha value is -3.20. The van der Waals surface area contributed by atoms with Crippen molar-refractivity contribution in [3.8, 4) is 11.5 Å². The minimum Gasteiger partial charge on any atom is -0.385 e. The van der Waals surface area contributed by atoms with Crippen molar-refractivity contribution in [1.82, 2.24) is 30.0 Å². The van der Waals surface area contributed by atoms with Gasteiger partial charge in [0.25, 0.3) is 11.8 Å². The van der Waals surface area contributed by atoms with Crippen LogP contribution in [0.1, 0.15) is 41.3 Å². The van der Waals surface area contributed by atoms with E-state index in [2.05, 4.69) is 25.1 Å². The van der Waals surface area contributed by atoms with Crippen LogP contribution in [0.3, 0.4) is 0 Å². The average Bonchev–Trinajstić information content (AvgIpc) is 3.30. The van der Waals surface area contributed by atoms with Gasteiger partial charge in [0.15, 0.2) is 5.82 Å². The molecule has 1 unspecified atom stereocenters. The quantitative estimate of drug-likeness (QED) is 0.612. The predicted octanol–water partition coefficient (Wildman–Crippen LogP) is 2.44. The number of pyridine rings is 1. The van der Waals surface area contributed by atoms with Crippen molar-refractivity contribution in [2.75, 3.05) is 26.8 Å². The Morgan fingerprint density at radius 1 is 1.27 bits per heavy atom. The Morgan fingerprint density at radius 3 is 2.83 bits per heavy atom. The Labute approximate surface area is 174 Å². The molecule has 0 saturated carbocycles. The van der Waals surface area contributed by atoms with Crippen molar-refractivity contribution in [3.05, 3.63) is 54.1 Å². The lowest BCUT2D eigenvalue weighted by molar-refractivity contribution is 0.0561. The molecule has 4 rings (SSSR count). The van der Waals surface area contributed by atoms with Crippen LogP contribution in [-0.4, -0.2) is 62.7 Å². The molecule has 1 atom stereocenters. The van der Waals surface area contributed by atoms with E-state index >= 15 is 0 Å². The Bertz CT molecular complexity index is 991. The molecule has 0 spiro atoms. The zero-order valence-corrected chi connectivity index (χ0v) is 17.1. The van der Waals surface area contributed by atoms with Gasteiger partial charge < -0.3 is 14.2 Å². The van der Waals surface area contributed by atoms with Crippen molar-refractivity contribution in [1.29, 1.82) is 0 Å².